The maximum absolute atomic E-state index is 13.2. The van der Waals surface area contributed by atoms with Crippen LogP contribution < -0.4 is 0 Å². The van der Waals surface area contributed by atoms with Crippen LogP contribution >= 0.6 is 0 Å². The smallest absolute Gasteiger partial charge is 0.123 e. The number of halogens is 1. The Morgan fingerprint density at radius 3 is 2.71 bits per heavy atom. The van der Waals surface area contributed by atoms with E-state index in [1.807, 2.05) is 13.0 Å². The van der Waals surface area contributed by atoms with Crippen LogP contribution in [0.25, 0.3) is 0 Å². The van der Waals surface area contributed by atoms with Crippen molar-refractivity contribution in [3.8, 4) is 6.07 Å². The molecule has 92 valence electrons. The Morgan fingerprint density at radius 2 is 2.18 bits per heavy atom. The highest BCUT2D eigenvalue weighted by molar-refractivity contribution is 5.24. The van der Waals surface area contributed by atoms with Crippen molar-refractivity contribution in [1.29, 1.82) is 5.26 Å². The van der Waals surface area contributed by atoms with Gasteiger partial charge in [-0.2, -0.15) is 5.26 Å². The van der Waals surface area contributed by atoms with Crippen molar-refractivity contribution in [2.24, 2.45) is 0 Å². The Morgan fingerprint density at radius 1 is 1.41 bits per heavy atom. The molecule has 17 heavy (non-hydrogen) atoms. The van der Waals surface area contributed by atoms with Crippen molar-refractivity contribution in [3.05, 3.63) is 35.6 Å². The Bertz CT molecular complexity index is 384. The van der Waals surface area contributed by atoms with Crippen LogP contribution in [0.4, 0.5) is 4.39 Å². The van der Waals surface area contributed by atoms with Crippen molar-refractivity contribution in [2.45, 2.75) is 32.7 Å². The minimum Gasteiger partial charge on any atom is -0.285 e. The second-order valence-corrected chi connectivity index (χ2v) is 4.07. The number of rotatable bonds is 6. The fourth-order valence-corrected chi connectivity index (χ4v) is 1.87. The van der Waals surface area contributed by atoms with Gasteiger partial charge in [-0.1, -0.05) is 32.4 Å². The molecule has 0 aliphatic carbocycles. The summed E-state index contributed by atoms with van der Waals surface area (Å²) in [5.74, 6) is -0.283. The second-order valence-electron chi connectivity index (χ2n) is 4.07. The predicted molar refractivity (Wildman–Crippen MR) is 66.9 cm³/mol. The van der Waals surface area contributed by atoms with E-state index >= 15 is 0 Å². The standard InChI is InChI=1S/C14H19FN2/c1-3-5-9-17(4-2)14(11-16)12-7-6-8-13(15)10-12/h6-8,10,14H,3-5,9H2,1-2H3. The van der Waals surface area contributed by atoms with E-state index in [0.29, 0.717) is 0 Å². The normalized spacial score (nSPS) is 12.4. The van der Waals surface area contributed by atoms with Crippen LogP contribution in [-0.4, -0.2) is 18.0 Å². The quantitative estimate of drug-likeness (QED) is 0.753. The van der Waals surface area contributed by atoms with Gasteiger partial charge in [0.2, 0.25) is 0 Å². The third-order valence-corrected chi connectivity index (χ3v) is 2.86. The molecular formula is C14H19FN2. The van der Waals surface area contributed by atoms with Gasteiger partial charge in [-0.15, -0.1) is 0 Å². The topological polar surface area (TPSA) is 27.0 Å². The summed E-state index contributed by atoms with van der Waals surface area (Å²) in [6.07, 6.45) is 2.15. The molecule has 0 bridgehead atoms. The van der Waals surface area contributed by atoms with Gasteiger partial charge in [0.1, 0.15) is 11.9 Å². The molecule has 0 saturated heterocycles. The summed E-state index contributed by atoms with van der Waals surface area (Å²) in [6.45, 7) is 5.83. The third kappa shape index (κ3) is 3.83. The summed E-state index contributed by atoms with van der Waals surface area (Å²) >= 11 is 0. The van der Waals surface area contributed by atoms with E-state index in [4.69, 9.17) is 0 Å². The highest BCUT2D eigenvalue weighted by atomic mass is 19.1. The van der Waals surface area contributed by atoms with Crippen molar-refractivity contribution in [3.63, 3.8) is 0 Å². The van der Waals surface area contributed by atoms with Crippen LogP contribution in [0.3, 0.4) is 0 Å². The molecule has 1 aromatic rings. The van der Waals surface area contributed by atoms with Crippen molar-refractivity contribution in [2.75, 3.05) is 13.1 Å². The molecule has 2 nitrogen and oxygen atoms in total. The molecule has 0 radical (unpaired) electrons. The lowest BCUT2D eigenvalue weighted by molar-refractivity contribution is 0.244. The number of hydrogen-bond acceptors (Lipinski definition) is 2. The number of unbranched alkanes of at least 4 members (excludes halogenated alkanes) is 1. The number of nitrogens with zero attached hydrogens (tertiary/aromatic N) is 2. The minimum atomic E-state index is -0.345. The van der Waals surface area contributed by atoms with Gasteiger partial charge in [-0.05, 0) is 37.2 Å². The molecule has 1 atom stereocenters. The molecule has 0 aliphatic heterocycles. The zero-order valence-electron chi connectivity index (χ0n) is 10.5. The zero-order valence-corrected chi connectivity index (χ0v) is 10.5. The summed E-state index contributed by atoms with van der Waals surface area (Å²) < 4.78 is 13.2. The lowest BCUT2D eigenvalue weighted by Gasteiger charge is -2.25. The molecule has 0 N–H and O–H groups in total. The molecule has 0 fully saturated rings. The molecule has 0 aromatic heterocycles. The lowest BCUT2D eigenvalue weighted by Crippen LogP contribution is -2.28. The van der Waals surface area contributed by atoms with Gasteiger partial charge < -0.3 is 0 Å². The maximum Gasteiger partial charge on any atom is 0.123 e. The Labute approximate surface area is 103 Å². The highest BCUT2D eigenvalue weighted by Gasteiger charge is 2.18. The van der Waals surface area contributed by atoms with Gasteiger partial charge in [-0.25, -0.2) is 4.39 Å². The maximum atomic E-state index is 13.2. The van der Waals surface area contributed by atoms with Crippen molar-refractivity contribution >= 4 is 0 Å². The van der Waals surface area contributed by atoms with Gasteiger partial charge in [-0.3, -0.25) is 4.90 Å². The number of hydrogen-bond donors (Lipinski definition) is 0. The molecule has 0 amide bonds. The van der Waals surface area contributed by atoms with Gasteiger partial charge in [0.25, 0.3) is 0 Å². The Hall–Kier alpha value is -1.40. The molecular weight excluding hydrogens is 215 g/mol. The SMILES string of the molecule is CCCCN(CC)C(C#N)c1cccc(F)c1. The Kier molecular flexibility index (Phi) is 5.65. The predicted octanol–water partition coefficient (Wildman–Crippen LogP) is 3.51. The van der Waals surface area contributed by atoms with E-state index < -0.39 is 0 Å². The van der Waals surface area contributed by atoms with E-state index in [9.17, 15) is 9.65 Å². The van der Waals surface area contributed by atoms with Crippen LogP contribution in [0.1, 0.15) is 38.3 Å². The van der Waals surface area contributed by atoms with E-state index in [2.05, 4.69) is 17.9 Å². The van der Waals surface area contributed by atoms with E-state index in [-0.39, 0.29) is 11.9 Å². The van der Waals surface area contributed by atoms with Crippen LogP contribution in [0.5, 0.6) is 0 Å². The molecule has 1 aromatic carbocycles. The molecule has 0 spiro atoms. The van der Waals surface area contributed by atoms with Crippen molar-refractivity contribution in [1.82, 2.24) is 4.90 Å². The summed E-state index contributed by atoms with van der Waals surface area (Å²) in [5, 5.41) is 9.26. The molecule has 0 heterocycles. The summed E-state index contributed by atoms with van der Waals surface area (Å²) in [6, 6.07) is 8.24. The second kappa shape index (κ2) is 7.03. The van der Waals surface area contributed by atoms with Gasteiger partial charge >= 0.3 is 0 Å². The zero-order chi connectivity index (χ0) is 12.7. The average molecular weight is 234 g/mol. The van der Waals surface area contributed by atoms with Crippen LogP contribution in [0, 0.1) is 17.1 Å². The Balaban J connectivity index is 2.86. The molecule has 1 unspecified atom stereocenters. The van der Waals surface area contributed by atoms with E-state index in [0.717, 1.165) is 31.5 Å². The summed E-state index contributed by atoms with van der Waals surface area (Å²) in [7, 11) is 0. The minimum absolute atomic E-state index is 0.283. The fourth-order valence-electron chi connectivity index (χ4n) is 1.87. The molecule has 3 heteroatoms. The number of nitriles is 1. The van der Waals surface area contributed by atoms with Crippen LogP contribution in [0.15, 0.2) is 24.3 Å². The van der Waals surface area contributed by atoms with Gasteiger partial charge in [0.15, 0.2) is 0 Å². The fraction of sp³-hybridized carbons (Fsp3) is 0.500. The van der Waals surface area contributed by atoms with Gasteiger partial charge in [0, 0.05) is 0 Å². The first-order chi connectivity index (χ1) is 8.22. The molecule has 0 aliphatic rings. The van der Waals surface area contributed by atoms with Crippen LogP contribution in [-0.2, 0) is 0 Å². The largest absolute Gasteiger partial charge is 0.285 e. The van der Waals surface area contributed by atoms with E-state index in [1.54, 1.807) is 6.07 Å². The highest BCUT2D eigenvalue weighted by Crippen LogP contribution is 2.20. The first-order valence-electron chi connectivity index (χ1n) is 6.12. The first kappa shape index (κ1) is 13.7. The molecule has 0 saturated carbocycles. The third-order valence-electron chi connectivity index (χ3n) is 2.86. The number of benzene rings is 1. The first-order valence-corrected chi connectivity index (χ1v) is 6.12. The lowest BCUT2D eigenvalue weighted by atomic mass is 10.1. The summed E-state index contributed by atoms with van der Waals surface area (Å²) in [5.41, 5.74) is 0.741. The summed E-state index contributed by atoms with van der Waals surface area (Å²) in [4.78, 5) is 2.08. The van der Waals surface area contributed by atoms with Crippen molar-refractivity contribution < 1.29 is 4.39 Å². The average Bonchev–Trinajstić information content (AvgIpc) is 2.34. The van der Waals surface area contributed by atoms with Gasteiger partial charge in [0.05, 0.1) is 6.07 Å². The monoisotopic (exact) mass is 234 g/mol. The molecule has 1 rings (SSSR count). The van der Waals surface area contributed by atoms with E-state index in [1.165, 1.54) is 12.1 Å². The van der Waals surface area contributed by atoms with Crippen LogP contribution in [0.2, 0.25) is 0 Å².